The van der Waals surface area contributed by atoms with Crippen molar-refractivity contribution in [3.63, 3.8) is 0 Å². The zero-order valence-corrected chi connectivity index (χ0v) is 11.5. The molecule has 0 N–H and O–H groups in total. The highest BCUT2D eigenvalue weighted by atomic mass is 16.5. The Kier molecular flexibility index (Phi) is 6.95. The van der Waals surface area contributed by atoms with Gasteiger partial charge in [0.2, 0.25) is 0 Å². The molecule has 20 heavy (non-hydrogen) atoms. The molecule has 1 rings (SSSR count). The van der Waals surface area contributed by atoms with Crippen LogP contribution in [0.4, 0.5) is 0 Å². The highest BCUT2D eigenvalue weighted by Gasteiger charge is 2.10. The normalized spacial score (nSPS) is 11.3. The Morgan fingerprint density at radius 2 is 2.20 bits per heavy atom. The smallest absolute Gasteiger partial charge is 0.338 e. The van der Waals surface area contributed by atoms with Crippen molar-refractivity contribution in [1.82, 2.24) is 0 Å². The fourth-order valence-electron chi connectivity index (χ4n) is 1.46. The number of esters is 1. The molecular weight excluding hydrogens is 262 g/mol. The second kappa shape index (κ2) is 8.79. The molecule has 0 aliphatic carbocycles. The van der Waals surface area contributed by atoms with Crippen molar-refractivity contribution in [3.8, 4) is 5.75 Å². The van der Waals surface area contributed by atoms with Crippen molar-refractivity contribution >= 4 is 5.97 Å². The van der Waals surface area contributed by atoms with Crippen LogP contribution in [0.2, 0.25) is 0 Å². The molecule has 1 aromatic rings. The molecule has 0 bridgehead atoms. The number of carbonyl (C=O) groups excluding carboxylic acids is 1. The molecule has 0 saturated carbocycles. The molecule has 1 aromatic carbocycles. The predicted octanol–water partition coefficient (Wildman–Crippen LogP) is 2.92. The number of rotatable bonds is 8. The van der Waals surface area contributed by atoms with Gasteiger partial charge in [0.1, 0.15) is 12.4 Å². The fourth-order valence-corrected chi connectivity index (χ4v) is 1.46. The Morgan fingerprint density at radius 3 is 2.85 bits per heavy atom. The molecule has 0 aliphatic rings. The molecular formula is C13H17N3O4. The second-order valence-corrected chi connectivity index (χ2v) is 3.67. The average Bonchev–Trinajstić information content (AvgIpc) is 2.46. The molecule has 0 aliphatic heterocycles. The van der Waals surface area contributed by atoms with Gasteiger partial charge in [0.05, 0.1) is 12.2 Å². The molecule has 0 saturated heterocycles. The maximum atomic E-state index is 11.6. The van der Waals surface area contributed by atoms with Crippen LogP contribution in [0.15, 0.2) is 29.4 Å². The minimum atomic E-state index is -0.698. The van der Waals surface area contributed by atoms with Gasteiger partial charge >= 0.3 is 5.97 Å². The van der Waals surface area contributed by atoms with Crippen LogP contribution < -0.4 is 4.74 Å². The summed E-state index contributed by atoms with van der Waals surface area (Å²) in [5.41, 5.74) is 8.80. The lowest BCUT2D eigenvalue weighted by Crippen LogP contribution is -2.19. The number of ether oxygens (including phenoxy) is 3. The summed E-state index contributed by atoms with van der Waals surface area (Å²) in [6, 6.07) is 6.59. The zero-order chi connectivity index (χ0) is 14.8. The van der Waals surface area contributed by atoms with Crippen LogP contribution in [-0.2, 0) is 9.47 Å². The van der Waals surface area contributed by atoms with Gasteiger partial charge in [0.15, 0.2) is 6.23 Å². The van der Waals surface area contributed by atoms with E-state index < -0.39 is 12.2 Å². The molecule has 0 heterocycles. The van der Waals surface area contributed by atoms with Crippen LogP contribution in [0.3, 0.4) is 0 Å². The maximum Gasteiger partial charge on any atom is 0.338 e. The molecule has 0 aromatic heterocycles. The van der Waals surface area contributed by atoms with Crippen LogP contribution in [-0.4, -0.2) is 32.0 Å². The highest BCUT2D eigenvalue weighted by Crippen LogP contribution is 2.15. The average molecular weight is 279 g/mol. The Balaban J connectivity index is 2.65. The minimum Gasteiger partial charge on any atom is -0.491 e. The van der Waals surface area contributed by atoms with Crippen LogP contribution in [0, 0.1) is 0 Å². The quantitative estimate of drug-likeness (QED) is 0.316. The number of carbonyl (C=O) groups is 1. The summed E-state index contributed by atoms with van der Waals surface area (Å²) in [6.45, 7) is 4.33. The monoisotopic (exact) mass is 279 g/mol. The van der Waals surface area contributed by atoms with E-state index in [9.17, 15) is 4.79 Å². The van der Waals surface area contributed by atoms with Crippen LogP contribution in [0.25, 0.3) is 10.4 Å². The third-order valence-electron chi connectivity index (χ3n) is 2.28. The third-order valence-corrected chi connectivity index (χ3v) is 2.28. The molecule has 7 heteroatoms. The van der Waals surface area contributed by atoms with Crippen molar-refractivity contribution in [1.29, 1.82) is 0 Å². The lowest BCUT2D eigenvalue weighted by atomic mass is 10.2. The number of nitrogens with zero attached hydrogens (tertiary/aromatic N) is 3. The molecule has 0 amide bonds. The summed E-state index contributed by atoms with van der Waals surface area (Å²) >= 11 is 0. The highest BCUT2D eigenvalue weighted by molar-refractivity contribution is 5.89. The van der Waals surface area contributed by atoms with Crippen molar-refractivity contribution in [3.05, 3.63) is 40.3 Å². The summed E-state index contributed by atoms with van der Waals surface area (Å²) in [6.07, 6.45) is -0.698. The molecule has 0 radical (unpaired) electrons. The predicted molar refractivity (Wildman–Crippen MR) is 72.5 cm³/mol. The van der Waals surface area contributed by atoms with E-state index >= 15 is 0 Å². The first-order chi connectivity index (χ1) is 9.71. The lowest BCUT2D eigenvalue weighted by Gasteiger charge is -2.13. The topological polar surface area (TPSA) is 93.5 Å². The van der Waals surface area contributed by atoms with Crippen LogP contribution in [0.5, 0.6) is 5.75 Å². The first kappa shape index (κ1) is 15.8. The van der Waals surface area contributed by atoms with Gasteiger partial charge in [0, 0.05) is 11.5 Å². The molecule has 7 nitrogen and oxygen atoms in total. The third kappa shape index (κ3) is 5.17. The van der Waals surface area contributed by atoms with E-state index in [1.165, 1.54) is 0 Å². The van der Waals surface area contributed by atoms with Crippen molar-refractivity contribution in [2.45, 2.75) is 20.1 Å². The van der Waals surface area contributed by atoms with Gasteiger partial charge in [-0.1, -0.05) is 11.2 Å². The summed E-state index contributed by atoms with van der Waals surface area (Å²) in [7, 11) is 0. The van der Waals surface area contributed by atoms with E-state index in [1.54, 1.807) is 38.1 Å². The Hall–Kier alpha value is -2.24. The lowest BCUT2D eigenvalue weighted by molar-refractivity contribution is 0.0324. The number of hydrogen-bond acceptors (Lipinski definition) is 5. The van der Waals surface area contributed by atoms with Crippen molar-refractivity contribution < 1.29 is 19.0 Å². The maximum absolute atomic E-state index is 11.6. The summed E-state index contributed by atoms with van der Waals surface area (Å²) in [5, 5.41) is 3.46. The molecule has 1 atom stereocenters. The Bertz CT molecular complexity index is 486. The standard InChI is InChI=1S/C13H17N3O4/c1-3-18-12(15-16-14)9-20-11-7-5-6-10(8-11)13(17)19-4-2/h5-8,12H,3-4,9H2,1-2H3. The second-order valence-electron chi connectivity index (χ2n) is 3.67. The van der Waals surface area contributed by atoms with Gasteiger partial charge in [-0.15, -0.1) is 0 Å². The van der Waals surface area contributed by atoms with Gasteiger partial charge in [-0.05, 0) is 37.6 Å². The summed E-state index contributed by atoms with van der Waals surface area (Å²) < 4.78 is 15.5. The van der Waals surface area contributed by atoms with E-state index in [0.29, 0.717) is 24.5 Å². The molecule has 1 unspecified atom stereocenters. The van der Waals surface area contributed by atoms with Gasteiger partial charge in [-0.25, -0.2) is 4.79 Å². The van der Waals surface area contributed by atoms with E-state index in [1.807, 2.05) is 0 Å². The van der Waals surface area contributed by atoms with Gasteiger partial charge in [-0.2, -0.15) is 0 Å². The minimum absolute atomic E-state index is 0.0736. The van der Waals surface area contributed by atoms with Crippen LogP contribution >= 0.6 is 0 Å². The molecule has 0 spiro atoms. The van der Waals surface area contributed by atoms with E-state index in [-0.39, 0.29) is 6.61 Å². The van der Waals surface area contributed by atoms with Gasteiger partial charge in [-0.3, -0.25) is 0 Å². The van der Waals surface area contributed by atoms with E-state index in [2.05, 4.69) is 10.0 Å². The number of hydrogen-bond donors (Lipinski definition) is 0. The van der Waals surface area contributed by atoms with E-state index in [4.69, 9.17) is 19.7 Å². The van der Waals surface area contributed by atoms with Crippen LogP contribution in [0.1, 0.15) is 24.2 Å². The first-order valence-corrected chi connectivity index (χ1v) is 6.27. The summed E-state index contributed by atoms with van der Waals surface area (Å²) in [5.74, 6) is 0.0720. The van der Waals surface area contributed by atoms with Gasteiger partial charge in [0.25, 0.3) is 0 Å². The fraction of sp³-hybridized carbons (Fsp3) is 0.462. The molecule has 108 valence electrons. The number of azide groups is 1. The largest absolute Gasteiger partial charge is 0.491 e. The summed E-state index contributed by atoms with van der Waals surface area (Å²) in [4.78, 5) is 14.3. The van der Waals surface area contributed by atoms with E-state index in [0.717, 1.165) is 0 Å². The van der Waals surface area contributed by atoms with Crippen molar-refractivity contribution in [2.75, 3.05) is 19.8 Å². The number of benzene rings is 1. The van der Waals surface area contributed by atoms with Crippen molar-refractivity contribution in [2.24, 2.45) is 5.11 Å². The Morgan fingerprint density at radius 1 is 1.40 bits per heavy atom. The molecule has 0 fully saturated rings. The Labute approximate surface area is 117 Å². The SMILES string of the molecule is CCOC(=O)c1cccc(OCC(N=[N+]=[N-])OCC)c1. The van der Waals surface area contributed by atoms with Gasteiger partial charge < -0.3 is 14.2 Å². The first-order valence-electron chi connectivity index (χ1n) is 6.27. The zero-order valence-electron chi connectivity index (χ0n) is 11.5.